The smallest absolute Gasteiger partial charge is 0.129 e. The van der Waals surface area contributed by atoms with Gasteiger partial charge in [0.1, 0.15) is 5.82 Å². The highest BCUT2D eigenvalue weighted by Gasteiger charge is 2.22. The number of aliphatic hydroxyl groups is 1. The summed E-state index contributed by atoms with van der Waals surface area (Å²) in [5.74, 6) is 0.911. The number of aliphatic hydroxyl groups excluding tert-OH is 1. The number of pyridine rings is 1. The zero-order chi connectivity index (χ0) is 11.5. The maximum atomic E-state index is 9.02. The van der Waals surface area contributed by atoms with Crippen molar-refractivity contribution in [3.8, 4) is 0 Å². The van der Waals surface area contributed by atoms with Crippen LogP contribution in [0.4, 0.5) is 5.82 Å². The summed E-state index contributed by atoms with van der Waals surface area (Å²) >= 11 is 0. The van der Waals surface area contributed by atoms with Gasteiger partial charge in [-0.1, -0.05) is 13.0 Å². The van der Waals surface area contributed by atoms with E-state index >= 15 is 0 Å². The van der Waals surface area contributed by atoms with E-state index in [9.17, 15) is 0 Å². The summed E-state index contributed by atoms with van der Waals surface area (Å²) in [5, 5.41) is 9.02. The zero-order valence-electron chi connectivity index (χ0n) is 9.99. The molecule has 0 bridgehead atoms. The van der Waals surface area contributed by atoms with Crippen LogP contribution in [0.3, 0.4) is 0 Å². The molecule has 0 aliphatic heterocycles. The lowest BCUT2D eigenvalue weighted by molar-refractivity contribution is 0.276. The molecule has 3 nitrogen and oxygen atoms in total. The van der Waals surface area contributed by atoms with E-state index in [1.807, 2.05) is 25.2 Å². The third-order valence-corrected chi connectivity index (χ3v) is 3.07. The van der Waals surface area contributed by atoms with E-state index in [4.69, 9.17) is 5.11 Å². The van der Waals surface area contributed by atoms with Crippen LogP contribution in [-0.2, 0) is 6.61 Å². The van der Waals surface area contributed by atoms with Gasteiger partial charge >= 0.3 is 0 Å². The van der Waals surface area contributed by atoms with Gasteiger partial charge < -0.3 is 10.0 Å². The van der Waals surface area contributed by atoms with Crippen molar-refractivity contribution in [1.29, 1.82) is 0 Å². The number of nitrogens with zero attached hydrogens (tertiary/aromatic N) is 2. The lowest BCUT2D eigenvalue weighted by Gasteiger charge is -2.35. The van der Waals surface area contributed by atoms with Crippen molar-refractivity contribution in [2.45, 2.75) is 39.3 Å². The fraction of sp³-hybridized carbons (Fsp3) is 0.583. The third kappa shape index (κ3) is 2.69. The van der Waals surface area contributed by atoms with Crippen LogP contribution in [0.15, 0.2) is 18.2 Å². The molecule has 1 aromatic heterocycles. The van der Waals surface area contributed by atoms with Gasteiger partial charge in [0.15, 0.2) is 0 Å². The summed E-state index contributed by atoms with van der Waals surface area (Å²) in [6, 6.07) is 5.73. The largest absolute Gasteiger partial charge is 0.390 e. The molecule has 0 spiro atoms. The number of anilines is 1. The minimum Gasteiger partial charge on any atom is -0.390 e. The number of hydrogen-bond acceptors (Lipinski definition) is 3. The quantitative estimate of drug-likeness (QED) is 0.824. The van der Waals surface area contributed by atoms with Gasteiger partial charge in [-0.3, -0.25) is 0 Å². The Morgan fingerprint density at radius 2 is 2.07 bits per heavy atom. The summed E-state index contributed by atoms with van der Waals surface area (Å²) in [6.45, 7) is 6.52. The highest BCUT2D eigenvalue weighted by Crippen LogP contribution is 2.22. The minimum atomic E-state index is -0.00572. The van der Waals surface area contributed by atoms with Crippen molar-refractivity contribution in [3.63, 3.8) is 0 Å². The summed E-state index contributed by atoms with van der Waals surface area (Å²) in [7, 11) is 2.03. The molecule has 0 atom stereocenters. The second kappa shape index (κ2) is 4.62. The maximum absolute atomic E-state index is 9.02. The van der Waals surface area contributed by atoms with Crippen molar-refractivity contribution in [1.82, 2.24) is 4.98 Å². The fourth-order valence-electron chi connectivity index (χ4n) is 1.29. The lowest BCUT2D eigenvalue weighted by Crippen LogP contribution is -2.41. The predicted molar refractivity (Wildman–Crippen MR) is 62.9 cm³/mol. The average molecular weight is 208 g/mol. The van der Waals surface area contributed by atoms with E-state index in [0.717, 1.165) is 12.2 Å². The second-order valence-corrected chi connectivity index (χ2v) is 4.37. The van der Waals surface area contributed by atoms with Crippen LogP contribution in [-0.4, -0.2) is 22.7 Å². The Morgan fingerprint density at radius 1 is 1.40 bits per heavy atom. The van der Waals surface area contributed by atoms with Gasteiger partial charge in [-0.15, -0.1) is 0 Å². The Morgan fingerprint density at radius 3 is 2.60 bits per heavy atom. The van der Waals surface area contributed by atoms with Crippen LogP contribution in [0.2, 0.25) is 0 Å². The van der Waals surface area contributed by atoms with Crippen LogP contribution < -0.4 is 4.90 Å². The molecular formula is C12H20N2O. The Labute approximate surface area is 91.8 Å². The summed E-state index contributed by atoms with van der Waals surface area (Å²) < 4.78 is 0. The topological polar surface area (TPSA) is 36.4 Å². The molecule has 1 N–H and O–H groups in total. The Balaban J connectivity index is 2.95. The van der Waals surface area contributed by atoms with E-state index in [2.05, 4.69) is 30.7 Å². The Bertz CT molecular complexity index is 323. The van der Waals surface area contributed by atoms with Crippen LogP contribution in [0.5, 0.6) is 0 Å². The molecule has 84 valence electrons. The normalized spacial score (nSPS) is 11.5. The average Bonchev–Trinajstić information content (AvgIpc) is 2.28. The zero-order valence-corrected chi connectivity index (χ0v) is 9.99. The Hall–Kier alpha value is -1.09. The van der Waals surface area contributed by atoms with Gasteiger partial charge in [0.05, 0.1) is 12.3 Å². The molecule has 0 aliphatic rings. The SMILES string of the molecule is CCC(C)(C)N(C)c1cccc(CO)n1. The minimum absolute atomic E-state index is 0.00572. The molecule has 1 aromatic rings. The monoisotopic (exact) mass is 208 g/mol. The summed E-state index contributed by atoms with van der Waals surface area (Å²) in [5.41, 5.74) is 0.799. The van der Waals surface area contributed by atoms with Crippen molar-refractivity contribution >= 4 is 5.82 Å². The van der Waals surface area contributed by atoms with Crippen LogP contribution in [0.1, 0.15) is 32.9 Å². The Kier molecular flexibility index (Phi) is 3.69. The van der Waals surface area contributed by atoms with E-state index < -0.39 is 0 Å². The molecule has 0 fully saturated rings. The van der Waals surface area contributed by atoms with E-state index in [-0.39, 0.29) is 12.1 Å². The van der Waals surface area contributed by atoms with Gasteiger partial charge in [-0.05, 0) is 32.4 Å². The third-order valence-electron chi connectivity index (χ3n) is 3.07. The number of hydrogen-bond donors (Lipinski definition) is 1. The molecule has 0 saturated carbocycles. The molecular weight excluding hydrogens is 188 g/mol. The molecule has 0 aromatic carbocycles. The van der Waals surface area contributed by atoms with Gasteiger partial charge in [-0.25, -0.2) is 4.98 Å². The molecule has 0 unspecified atom stereocenters. The van der Waals surface area contributed by atoms with Gasteiger partial charge in [-0.2, -0.15) is 0 Å². The molecule has 15 heavy (non-hydrogen) atoms. The highest BCUT2D eigenvalue weighted by molar-refractivity contribution is 5.41. The fourth-order valence-corrected chi connectivity index (χ4v) is 1.29. The van der Waals surface area contributed by atoms with Gasteiger partial charge in [0, 0.05) is 12.6 Å². The lowest BCUT2D eigenvalue weighted by atomic mass is 10.00. The van der Waals surface area contributed by atoms with E-state index in [1.54, 1.807) is 0 Å². The molecule has 0 radical (unpaired) electrons. The maximum Gasteiger partial charge on any atom is 0.129 e. The van der Waals surface area contributed by atoms with Gasteiger partial charge in [0.25, 0.3) is 0 Å². The van der Waals surface area contributed by atoms with Gasteiger partial charge in [0.2, 0.25) is 0 Å². The van der Waals surface area contributed by atoms with E-state index in [1.165, 1.54) is 0 Å². The number of aromatic nitrogens is 1. The molecule has 1 heterocycles. The molecule has 0 amide bonds. The highest BCUT2D eigenvalue weighted by atomic mass is 16.3. The molecule has 3 heteroatoms. The molecule has 1 rings (SSSR count). The first-order valence-electron chi connectivity index (χ1n) is 5.32. The van der Waals surface area contributed by atoms with Crippen LogP contribution in [0.25, 0.3) is 0 Å². The standard InChI is InChI=1S/C12H20N2O/c1-5-12(2,3)14(4)11-8-6-7-10(9-15)13-11/h6-8,15H,5,9H2,1-4H3. The first-order chi connectivity index (χ1) is 7.01. The van der Waals surface area contributed by atoms with Crippen LogP contribution in [0, 0.1) is 0 Å². The first-order valence-corrected chi connectivity index (χ1v) is 5.32. The molecule has 0 aliphatic carbocycles. The second-order valence-electron chi connectivity index (χ2n) is 4.37. The predicted octanol–water partition coefficient (Wildman–Crippen LogP) is 2.20. The van der Waals surface area contributed by atoms with Crippen molar-refractivity contribution in [3.05, 3.63) is 23.9 Å². The van der Waals surface area contributed by atoms with Crippen molar-refractivity contribution in [2.24, 2.45) is 0 Å². The molecule has 0 saturated heterocycles. The van der Waals surface area contributed by atoms with Crippen molar-refractivity contribution < 1.29 is 5.11 Å². The van der Waals surface area contributed by atoms with Crippen LogP contribution >= 0.6 is 0 Å². The summed E-state index contributed by atoms with van der Waals surface area (Å²) in [6.07, 6.45) is 1.05. The summed E-state index contributed by atoms with van der Waals surface area (Å²) in [4.78, 5) is 6.53. The van der Waals surface area contributed by atoms with Crippen molar-refractivity contribution in [2.75, 3.05) is 11.9 Å². The van der Waals surface area contributed by atoms with E-state index in [0.29, 0.717) is 5.69 Å². The number of rotatable bonds is 4. The first kappa shape index (κ1) is 12.0.